The van der Waals surface area contributed by atoms with E-state index in [2.05, 4.69) is 48.8 Å². The fourth-order valence-corrected chi connectivity index (χ4v) is 4.32. The smallest absolute Gasteiger partial charge is 0.243 e. The van der Waals surface area contributed by atoms with Crippen LogP contribution in [0.4, 0.5) is 0 Å². The minimum Gasteiger partial charge on any atom is -0.496 e. The fourth-order valence-electron chi connectivity index (χ4n) is 2.44. The van der Waals surface area contributed by atoms with Gasteiger partial charge >= 0.3 is 0 Å². The topological polar surface area (TPSA) is 46.6 Å². The van der Waals surface area contributed by atoms with Gasteiger partial charge in [0.25, 0.3) is 0 Å². The standard InChI is InChI=1S/C19H24BrNO3S/c1-19(2,3)15-8-6-14(7-9-15)13-21(4)25(22,23)16-10-11-18(24-5)17(20)12-16/h6-12H,13H2,1-5H3. The minimum absolute atomic E-state index is 0.0753. The number of ether oxygens (including phenoxy) is 1. The van der Waals surface area contributed by atoms with Crippen LogP contribution in [0.2, 0.25) is 0 Å². The van der Waals surface area contributed by atoms with Crippen LogP contribution in [-0.4, -0.2) is 26.9 Å². The zero-order valence-corrected chi connectivity index (χ0v) is 17.6. The first-order valence-electron chi connectivity index (χ1n) is 7.95. The number of nitrogens with zero attached hydrogens (tertiary/aromatic N) is 1. The fraction of sp³-hybridized carbons (Fsp3) is 0.368. The summed E-state index contributed by atoms with van der Waals surface area (Å²) in [6.45, 7) is 6.77. The molecule has 0 unspecified atom stereocenters. The van der Waals surface area contributed by atoms with Gasteiger partial charge in [0.05, 0.1) is 16.5 Å². The van der Waals surface area contributed by atoms with Crippen molar-refractivity contribution in [3.8, 4) is 5.75 Å². The van der Waals surface area contributed by atoms with E-state index in [1.165, 1.54) is 9.87 Å². The van der Waals surface area contributed by atoms with Gasteiger partial charge in [0.15, 0.2) is 0 Å². The number of halogens is 1. The van der Waals surface area contributed by atoms with Crippen LogP contribution in [0.1, 0.15) is 31.9 Å². The van der Waals surface area contributed by atoms with Crippen molar-refractivity contribution in [3.63, 3.8) is 0 Å². The molecule has 136 valence electrons. The van der Waals surface area contributed by atoms with Crippen LogP contribution in [0.5, 0.6) is 5.75 Å². The highest BCUT2D eigenvalue weighted by atomic mass is 79.9. The van der Waals surface area contributed by atoms with Crippen molar-refractivity contribution in [2.24, 2.45) is 0 Å². The molecule has 0 bridgehead atoms. The predicted octanol–water partition coefficient (Wildman–Crippen LogP) is 4.58. The summed E-state index contributed by atoms with van der Waals surface area (Å²) in [4.78, 5) is 0.231. The van der Waals surface area contributed by atoms with Gasteiger partial charge in [-0.3, -0.25) is 0 Å². The van der Waals surface area contributed by atoms with E-state index in [4.69, 9.17) is 4.74 Å². The van der Waals surface area contributed by atoms with Crippen molar-refractivity contribution in [3.05, 3.63) is 58.1 Å². The highest BCUT2D eigenvalue weighted by Crippen LogP contribution is 2.29. The first-order valence-corrected chi connectivity index (χ1v) is 10.2. The molecule has 0 aliphatic carbocycles. The molecule has 0 spiro atoms. The summed E-state index contributed by atoms with van der Waals surface area (Å²) >= 11 is 3.33. The van der Waals surface area contributed by atoms with Crippen molar-refractivity contribution in [1.82, 2.24) is 4.31 Å². The van der Waals surface area contributed by atoms with E-state index < -0.39 is 10.0 Å². The van der Waals surface area contributed by atoms with Crippen molar-refractivity contribution in [2.75, 3.05) is 14.2 Å². The van der Waals surface area contributed by atoms with Crippen molar-refractivity contribution < 1.29 is 13.2 Å². The second kappa shape index (κ2) is 7.48. The maximum atomic E-state index is 12.8. The van der Waals surface area contributed by atoms with Crippen LogP contribution >= 0.6 is 15.9 Å². The molecule has 0 fully saturated rings. The molecule has 0 saturated heterocycles. The monoisotopic (exact) mass is 425 g/mol. The Morgan fingerprint density at radius 2 is 1.68 bits per heavy atom. The zero-order valence-electron chi connectivity index (χ0n) is 15.2. The molecule has 25 heavy (non-hydrogen) atoms. The first-order chi connectivity index (χ1) is 11.6. The summed E-state index contributed by atoms with van der Waals surface area (Å²) in [7, 11) is -0.444. The second-order valence-electron chi connectivity index (χ2n) is 7.00. The third kappa shape index (κ3) is 4.63. The summed E-state index contributed by atoms with van der Waals surface area (Å²) in [6, 6.07) is 12.8. The molecule has 0 saturated carbocycles. The number of rotatable bonds is 5. The Morgan fingerprint density at radius 3 is 2.16 bits per heavy atom. The molecule has 4 nitrogen and oxygen atoms in total. The average Bonchev–Trinajstić information content (AvgIpc) is 2.54. The van der Waals surface area contributed by atoms with Gasteiger partial charge < -0.3 is 4.74 Å². The van der Waals surface area contributed by atoms with Gasteiger partial charge in [0.2, 0.25) is 10.0 Å². The number of sulfonamides is 1. The van der Waals surface area contributed by atoms with Crippen LogP contribution < -0.4 is 4.74 Å². The Bertz CT molecular complexity index is 840. The normalized spacial score (nSPS) is 12.4. The van der Waals surface area contributed by atoms with E-state index in [0.29, 0.717) is 16.8 Å². The molecule has 0 N–H and O–H groups in total. The molecule has 0 aromatic heterocycles. The third-order valence-electron chi connectivity index (χ3n) is 4.06. The van der Waals surface area contributed by atoms with E-state index in [1.807, 2.05) is 12.1 Å². The average molecular weight is 426 g/mol. The van der Waals surface area contributed by atoms with Crippen LogP contribution in [0, 0.1) is 0 Å². The lowest BCUT2D eigenvalue weighted by molar-refractivity contribution is 0.411. The van der Waals surface area contributed by atoms with Crippen molar-refractivity contribution in [2.45, 2.75) is 37.6 Å². The van der Waals surface area contributed by atoms with Crippen molar-refractivity contribution in [1.29, 1.82) is 0 Å². The van der Waals surface area contributed by atoms with Crippen molar-refractivity contribution >= 4 is 26.0 Å². The number of hydrogen-bond donors (Lipinski definition) is 0. The van der Waals surface area contributed by atoms with E-state index in [9.17, 15) is 8.42 Å². The van der Waals surface area contributed by atoms with E-state index >= 15 is 0 Å². The molecule has 6 heteroatoms. The molecular formula is C19H24BrNO3S. The molecule has 2 rings (SSSR count). The molecule has 2 aromatic carbocycles. The second-order valence-corrected chi connectivity index (χ2v) is 9.90. The quantitative estimate of drug-likeness (QED) is 0.704. The van der Waals surface area contributed by atoms with Gasteiger partial charge in [-0.25, -0.2) is 8.42 Å². The third-order valence-corrected chi connectivity index (χ3v) is 6.48. The number of methoxy groups -OCH3 is 1. The Balaban J connectivity index is 2.21. The Morgan fingerprint density at radius 1 is 1.08 bits per heavy atom. The van der Waals surface area contributed by atoms with Gasteiger partial charge in [0, 0.05) is 13.6 Å². The Kier molecular flexibility index (Phi) is 5.97. The molecule has 0 aliphatic heterocycles. The Hall–Kier alpha value is -1.37. The van der Waals surface area contributed by atoms with Gasteiger partial charge in [-0.2, -0.15) is 4.31 Å². The highest BCUT2D eigenvalue weighted by Gasteiger charge is 2.22. The zero-order chi connectivity index (χ0) is 18.8. The van der Waals surface area contributed by atoms with E-state index in [0.717, 1.165) is 5.56 Å². The SMILES string of the molecule is COc1ccc(S(=O)(=O)N(C)Cc2ccc(C(C)(C)C)cc2)cc1Br. The molecular weight excluding hydrogens is 402 g/mol. The molecule has 0 atom stereocenters. The number of benzene rings is 2. The van der Waals surface area contributed by atoms with Crippen LogP contribution in [0.15, 0.2) is 51.8 Å². The summed E-state index contributed by atoms with van der Waals surface area (Å²) < 4.78 is 32.7. The summed E-state index contributed by atoms with van der Waals surface area (Å²) in [6.07, 6.45) is 0. The van der Waals surface area contributed by atoms with Gasteiger partial charge in [-0.05, 0) is 50.7 Å². The lowest BCUT2D eigenvalue weighted by atomic mass is 9.87. The molecule has 0 heterocycles. The first kappa shape index (κ1) is 19.9. The molecule has 0 aliphatic rings. The summed E-state index contributed by atoms with van der Waals surface area (Å²) in [5.41, 5.74) is 2.25. The molecule has 0 amide bonds. The van der Waals surface area contributed by atoms with Gasteiger partial charge in [-0.1, -0.05) is 45.0 Å². The predicted molar refractivity (Wildman–Crippen MR) is 104 cm³/mol. The van der Waals surface area contributed by atoms with E-state index in [-0.39, 0.29) is 10.3 Å². The van der Waals surface area contributed by atoms with Crippen LogP contribution in [0.3, 0.4) is 0 Å². The maximum Gasteiger partial charge on any atom is 0.243 e. The highest BCUT2D eigenvalue weighted by molar-refractivity contribution is 9.10. The minimum atomic E-state index is -3.58. The molecule has 2 aromatic rings. The summed E-state index contributed by atoms with van der Waals surface area (Å²) in [5, 5.41) is 0. The lowest BCUT2D eigenvalue weighted by Crippen LogP contribution is -2.26. The van der Waals surface area contributed by atoms with Gasteiger partial charge in [0.1, 0.15) is 5.75 Å². The van der Waals surface area contributed by atoms with Gasteiger partial charge in [-0.15, -0.1) is 0 Å². The Labute approximate surface area is 159 Å². The largest absolute Gasteiger partial charge is 0.496 e. The number of hydrogen-bond acceptors (Lipinski definition) is 3. The van der Waals surface area contributed by atoms with Crippen LogP contribution in [-0.2, 0) is 22.0 Å². The summed E-state index contributed by atoms with van der Waals surface area (Å²) in [5.74, 6) is 0.597. The maximum absolute atomic E-state index is 12.8. The lowest BCUT2D eigenvalue weighted by Gasteiger charge is -2.21. The van der Waals surface area contributed by atoms with E-state index in [1.54, 1.807) is 32.4 Å². The molecule has 0 radical (unpaired) electrons. The van der Waals surface area contributed by atoms with Crippen LogP contribution in [0.25, 0.3) is 0 Å².